The summed E-state index contributed by atoms with van der Waals surface area (Å²) in [6.45, 7) is 2.08. The summed E-state index contributed by atoms with van der Waals surface area (Å²) in [5.41, 5.74) is 6.76. The number of nitrogens with two attached hydrogens (primary N) is 1. The number of aromatic nitrogens is 1. The van der Waals surface area contributed by atoms with Gasteiger partial charge in [0.05, 0.1) is 11.3 Å². The van der Waals surface area contributed by atoms with E-state index in [1.807, 2.05) is 24.3 Å². The summed E-state index contributed by atoms with van der Waals surface area (Å²) in [5, 5.41) is 2.90. The third-order valence-electron chi connectivity index (χ3n) is 3.86. The van der Waals surface area contributed by atoms with Gasteiger partial charge in [0, 0.05) is 30.7 Å². The SMILES string of the molecule is Nc1ncc(C(F)(F)F)cc1Nc1ccc(N2CCCC2)cc1. The minimum atomic E-state index is -4.45. The standard InChI is InChI=1S/C16H17F3N4/c17-16(18,19)11-9-14(15(20)21-10-11)22-12-3-5-13(6-4-12)23-7-1-2-8-23/h3-6,9-10,22H,1-2,7-8H2,(H2,20,21). The van der Waals surface area contributed by atoms with Crippen molar-refractivity contribution in [2.45, 2.75) is 19.0 Å². The van der Waals surface area contributed by atoms with Gasteiger partial charge >= 0.3 is 6.18 Å². The highest BCUT2D eigenvalue weighted by Gasteiger charge is 2.31. The number of pyridine rings is 1. The number of nitrogens with zero attached hydrogens (tertiary/aromatic N) is 2. The molecule has 3 rings (SSSR count). The van der Waals surface area contributed by atoms with Crippen LogP contribution in [0.1, 0.15) is 18.4 Å². The van der Waals surface area contributed by atoms with Crippen molar-refractivity contribution >= 4 is 22.9 Å². The number of benzene rings is 1. The molecule has 4 nitrogen and oxygen atoms in total. The van der Waals surface area contributed by atoms with Gasteiger partial charge in [-0.3, -0.25) is 0 Å². The highest BCUT2D eigenvalue weighted by molar-refractivity contribution is 5.71. The molecule has 2 heterocycles. The van der Waals surface area contributed by atoms with Crippen molar-refractivity contribution in [1.29, 1.82) is 0 Å². The molecule has 0 amide bonds. The Morgan fingerprint density at radius 1 is 1.09 bits per heavy atom. The molecule has 1 fully saturated rings. The van der Waals surface area contributed by atoms with E-state index in [1.54, 1.807) is 0 Å². The van der Waals surface area contributed by atoms with Crippen molar-refractivity contribution in [3.8, 4) is 0 Å². The lowest BCUT2D eigenvalue weighted by Crippen LogP contribution is -2.17. The number of anilines is 4. The molecule has 1 aromatic carbocycles. The van der Waals surface area contributed by atoms with Gasteiger partial charge < -0.3 is 16.0 Å². The van der Waals surface area contributed by atoms with Gasteiger partial charge in [0.25, 0.3) is 0 Å². The smallest absolute Gasteiger partial charge is 0.382 e. The molecule has 0 spiro atoms. The molecule has 3 N–H and O–H groups in total. The van der Waals surface area contributed by atoms with Gasteiger partial charge in [-0.2, -0.15) is 13.2 Å². The van der Waals surface area contributed by atoms with Crippen LogP contribution in [-0.2, 0) is 6.18 Å². The average Bonchev–Trinajstić information content (AvgIpc) is 3.03. The quantitative estimate of drug-likeness (QED) is 0.896. The molecule has 0 atom stereocenters. The maximum Gasteiger partial charge on any atom is 0.417 e. The molecule has 122 valence electrons. The molecule has 23 heavy (non-hydrogen) atoms. The van der Waals surface area contributed by atoms with Crippen molar-refractivity contribution < 1.29 is 13.2 Å². The van der Waals surface area contributed by atoms with Crippen LogP contribution >= 0.6 is 0 Å². The van der Waals surface area contributed by atoms with Crippen molar-refractivity contribution in [3.05, 3.63) is 42.1 Å². The van der Waals surface area contributed by atoms with Crippen LogP contribution in [-0.4, -0.2) is 18.1 Å². The Hall–Kier alpha value is -2.44. The zero-order valence-corrected chi connectivity index (χ0v) is 12.4. The Bertz CT molecular complexity index is 677. The monoisotopic (exact) mass is 322 g/mol. The fraction of sp³-hybridized carbons (Fsp3) is 0.312. The molecular formula is C16H17F3N4. The summed E-state index contributed by atoms with van der Waals surface area (Å²) in [6, 6.07) is 8.52. The van der Waals surface area contributed by atoms with Crippen LogP contribution < -0.4 is 16.0 Å². The zero-order chi connectivity index (χ0) is 16.4. The Labute approximate surface area is 132 Å². The first kappa shape index (κ1) is 15.5. The van der Waals surface area contributed by atoms with Gasteiger partial charge in [-0.05, 0) is 43.2 Å². The molecule has 2 aromatic rings. The predicted octanol–water partition coefficient (Wildman–Crippen LogP) is 4.03. The Balaban J connectivity index is 1.78. The minimum absolute atomic E-state index is 0.0293. The second kappa shape index (κ2) is 5.98. The highest BCUT2D eigenvalue weighted by atomic mass is 19.4. The van der Waals surface area contributed by atoms with Crippen LogP contribution in [0.25, 0.3) is 0 Å². The number of rotatable bonds is 3. The molecule has 1 aromatic heterocycles. The summed E-state index contributed by atoms with van der Waals surface area (Å²) in [5.74, 6) is 0.0293. The zero-order valence-electron chi connectivity index (χ0n) is 12.4. The number of alkyl halides is 3. The van der Waals surface area contributed by atoms with Crippen molar-refractivity contribution in [2.24, 2.45) is 0 Å². The van der Waals surface area contributed by atoms with E-state index >= 15 is 0 Å². The minimum Gasteiger partial charge on any atom is -0.382 e. The molecule has 1 saturated heterocycles. The van der Waals surface area contributed by atoms with E-state index in [0.717, 1.165) is 31.0 Å². The predicted molar refractivity (Wildman–Crippen MR) is 84.8 cm³/mol. The fourth-order valence-corrected chi connectivity index (χ4v) is 2.62. The molecule has 0 radical (unpaired) electrons. The van der Waals surface area contributed by atoms with Crippen molar-refractivity contribution in [1.82, 2.24) is 4.98 Å². The second-order valence-electron chi connectivity index (χ2n) is 5.52. The number of halogens is 3. The molecule has 7 heteroatoms. The van der Waals surface area contributed by atoms with Crippen LogP contribution in [0.3, 0.4) is 0 Å². The summed E-state index contributed by atoms with van der Waals surface area (Å²) < 4.78 is 38.2. The molecule has 1 aliphatic heterocycles. The molecular weight excluding hydrogens is 305 g/mol. The first-order chi connectivity index (χ1) is 10.9. The Morgan fingerprint density at radius 3 is 2.35 bits per heavy atom. The normalized spacial score (nSPS) is 15.0. The first-order valence-corrected chi connectivity index (χ1v) is 7.38. The van der Waals surface area contributed by atoms with E-state index < -0.39 is 11.7 Å². The van der Waals surface area contributed by atoms with Gasteiger partial charge in [0.15, 0.2) is 0 Å². The fourth-order valence-electron chi connectivity index (χ4n) is 2.62. The van der Waals surface area contributed by atoms with Crippen LogP contribution in [0.15, 0.2) is 36.5 Å². The van der Waals surface area contributed by atoms with E-state index in [9.17, 15) is 13.2 Å². The average molecular weight is 322 g/mol. The largest absolute Gasteiger partial charge is 0.417 e. The van der Waals surface area contributed by atoms with E-state index in [0.29, 0.717) is 5.69 Å². The highest BCUT2D eigenvalue weighted by Crippen LogP contribution is 2.33. The van der Waals surface area contributed by atoms with Gasteiger partial charge in [-0.1, -0.05) is 0 Å². The lowest BCUT2D eigenvalue weighted by Gasteiger charge is -2.18. The van der Waals surface area contributed by atoms with Crippen molar-refractivity contribution in [2.75, 3.05) is 29.0 Å². The second-order valence-corrected chi connectivity index (χ2v) is 5.52. The summed E-state index contributed by atoms with van der Waals surface area (Å²) in [4.78, 5) is 5.89. The summed E-state index contributed by atoms with van der Waals surface area (Å²) >= 11 is 0. The van der Waals surface area contributed by atoms with Gasteiger partial charge in [0.2, 0.25) is 0 Å². The first-order valence-electron chi connectivity index (χ1n) is 7.38. The maximum atomic E-state index is 12.7. The number of nitrogens with one attached hydrogen (secondary N) is 1. The van der Waals surface area contributed by atoms with E-state index in [-0.39, 0.29) is 11.5 Å². The van der Waals surface area contributed by atoms with E-state index in [1.165, 1.54) is 12.8 Å². The van der Waals surface area contributed by atoms with Crippen LogP contribution in [0.4, 0.5) is 36.1 Å². The van der Waals surface area contributed by atoms with Crippen molar-refractivity contribution in [3.63, 3.8) is 0 Å². The number of hydrogen-bond acceptors (Lipinski definition) is 4. The summed E-state index contributed by atoms with van der Waals surface area (Å²) in [7, 11) is 0. The molecule has 0 bridgehead atoms. The third-order valence-corrected chi connectivity index (χ3v) is 3.86. The van der Waals surface area contributed by atoms with Gasteiger partial charge in [-0.25, -0.2) is 4.98 Å². The molecule has 0 unspecified atom stereocenters. The molecule has 0 aliphatic carbocycles. The third kappa shape index (κ3) is 3.49. The number of nitrogen functional groups attached to an aromatic ring is 1. The van der Waals surface area contributed by atoms with Crippen LogP contribution in [0.5, 0.6) is 0 Å². The Kier molecular flexibility index (Phi) is 4.02. The summed E-state index contributed by atoms with van der Waals surface area (Å²) in [6.07, 6.45) is -1.34. The lowest BCUT2D eigenvalue weighted by molar-refractivity contribution is -0.137. The molecule has 0 saturated carbocycles. The van der Waals surface area contributed by atoms with Gasteiger partial charge in [0.1, 0.15) is 5.82 Å². The Morgan fingerprint density at radius 2 is 1.74 bits per heavy atom. The van der Waals surface area contributed by atoms with Crippen LogP contribution in [0, 0.1) is 0 Å². The van der Waals surface area contributed by atoms with Crippen LogP contribution in [0.2, 0.25) is 0 Å². The van der Waals surface area contributed by atoms with E-state index in [2.05, 4.69) is 15.2 Å². The topological polar surface area (TPSA) is 54.2 Å². The molecule has 1 aliphatic rings. The number of hydrogen-bond donors (Lipinski definition) is 2. The lowest BCUT2D eigenvalue weighted by atomic mass is 10.2. The van der Waals surface area contributed by atoms with Gasteiger partial charge in [-0.15, -0.1) is 0 Å². The van der Waals surface area contributed by atoms with E-state index in [4.69, 9.17) is 5.73 Å². The maximum absolute atomic E-state index is 12.7.